The maximum absolute atomic E-state index is 13.2. The summed E-state index contributed by atoms with van der Waals surface area (Å²) in [5.41, 5.74) is 1.13. The molecule has 1 saturated heterocycles. The number of aliphatic carboxylic acids is 1. The molecule has 2 bridgehead atoms. The number of quaternary nitrogens is 1. The highest BCUT2D eigenvalue weighted by molar-refractivity contribution is 6.31. The third kappa shape index (κ3) is 3.72. The number of carbonyl (C=O) groups excluding carboxylic acids is 2. The molecule has 1 N–H and O–H groups in total. The van der Waals surface area contributed by atoms with Crippen molar-refractivity contribution in [3.05, 3.63) is 34.9 Å². The lowest BCUT2D eigenvalue weighted by molar-refractivity contribution is -0.917. The molecule has 1 aliphatic heterocycles. The van der Waals surface area contributed by atoms with Gasteiger partial charge in [0.05, 0.1) is 26.2 Å². The molecule has 0 unspecified atom stereocenters. The third-order valence-corrected chi connectivity index (χ3v) is 7.33. The molecule has 4 aliphatic rings. The van der Waals surface area contributed by atoms with Crippen LogP contribution < -0.4 is 10.0 Å². The van der Waals surface area contributed by atoms with Gasteiger partial charge in [-0.2, -0.15) is 0 Å². The zero-order chi connectivity index (χ0) is 19.0. The molecule has 27 heavy (non-hydrogen) atoms. The Balaban J connectivity index is 1.38. The van der Waals surface area contributed by atoms with Crippen LogP contribution in [-0.2, 0) is 16.1 Å². The maximum atomic E-state index is 13.2. The number of nitrogens with one attached hydrogen (secondary N) is 1. The van der Waals surface area contributed by atoms with Crippen LogP contribution in [0.1, 0.15) is 31.2 Å². The first-order chi connectivity index (χ1) is 13.0. The van der Waals surface area contributed by atoms with Crippen LogP contribution in [0.2, 0.25) is 5.02 Å². The average molecular weight is 391 g/mol. The minimum absolute atomic E-state index is 0.0513. The summed E-state index contributed by atoms with van der Waals surface area (Å²) in [6, 6.07) is 7.90. The topological polar surface area (TPSA) is 64.9 Å². The largest absolute Gasteiger partial charge is 0.550 e. The van der Waals surface area contributed by atoms with Gasteiger partial charge in [-0.3, -0.25) is 4.79 Å². The number of amides is 1. The first kappa shape index (κ1) is 18.8. The molecular formula is C21H27ClN2O3. The highest BCUT2D eigenvalue weighted by Gasteiger charge is 2.49. The predicted molar refractivity (Wildman–Crippen MR) is 99.9 cm³/mol. The van der Waals surface area contributed by atoms with Crippen LogP contribution >= 0.6 is 11.6 Å². The van der Waals surface area contributed by atoms with Crippen molar-refractivity contribution in [3.8, 4) is 0 Å². The van der Waals surface area contributed by atoms with E-state index in [1.807, 2.05) is 23.1 Å². The molecule has 4 fully saturated rings. The molecule has 6 heteroatoms. The van der Waals surface area contributed by atoms with Crippen LogP contribution in [0.3, 0.4) is 0 Å². The van der Waals surface area contributed by atoms with E-state index in [1.54, 1.807) is 0 Å². The van der Waals surface area contributed by atoms with E-state index >= 15 is 0 Å². The van der Waals surface area contributed by atoms with Gasteiger partial charge in [0.1, 0.15) is 6.54 Å². The van der Waals surface area contributed by atoms with E-state index in [1.165, 1.54) is 4.90 Å². The van der Waals surface area contributed by atoms with Gasteiger partial charge in [0.2, 0.25) is 5.91 Å². The summed E-state index contributed by atoms with van der Waals surface area (Å²) < 4.78 is 0. The van der Waals surface area contributed by atoms with Gasteiger partial charge in [0, 0.05) is 28.4 Å². The molecule has 2 atom stereocenters. The van der Waals surface area contributed by atoms with E-state index in [2.05, 4.69) is 6.07 Å². The first-order valence-electron chi connectivity index (χ1n) is 10.1. The van der Waals surface area contributed by atoms with Crippen LogP contribution in [0.25, 0.3) is 0 Å². The molecule has 1 aromatic carbocycles. The minimum atomic E-state index is -1.02. The number of halogens is 1. The fraction of sp³-hybridized carbons (Fsp3) is 0.619. The Morgan fingerprint density at radius 2 is 1.63 bits per heavy atom. The SMILES string of the molecule is O=C([O-])[C@H]1C2CCC(CC2)[C@@H]1C(=O)N1CC[NH+](Cc2ccccc2Cl)CC1. The summed E-state index contributed by atoms with van der Waals surface area (Å²) in [6.45, 7) is 3.97. The van der Waals surface area contributed by atoms with E-state index in [0.29, 0.717) is 13.1 Å². The number of hydrogen-bond acceptors (Lipinski definition) is 3. The molecule has 1 heterocycles. The van der Waals surface area contributed by atoms with Crippen molar-refractivity contribution in [1.29, 1.82) is 0 Å². The molecule has 1 amide bonds. The standard InChI is InChI=1S/C21H27ClN2O3/c22-17-4-2-1-3-16(17)13-23-9-11-24(12-10-23)20(25)18-14-5-7-15(8-6-14)19(18)21(26)27/h1-4,14-15,18-19H,5-13H2,(H,26,27)/t14?,15?,18-,19-/m0/s1. The van der Waals surface area contributed by atoms with Gasteiger partial charge in [-0.25, -0.2) is 0 Å². The van der Waals surface area contributed by atoms with Crippen molar-refractivity contribution in [2.24, 2.45) is 23.7 Å². The molecule has 0 aromatic heterocycles. The molecule has 0 spiro atoms. The number of benzene rings is 1. The van der Waals surface area contributed by atoms with Crippen LogP contribution in [0.5, 0.6) is 0 Å². The van der Waals surface area contributed by atoms with Crippen molar-refractivity contribution in [2.45, 2.75) is 32.2 Å². The van der Waals surface area contributed by atoms with Crippen molar-refractivity contribution >= 4 is 23.5 Å². The summed E-state index contributed by atoms with van der Waals surface area (Å²) in [5.74, 6) is -1.58. The molecule has 1 aromatic rings. The lowest BCUT2D eigenvalue weighted by Crippen LogP contribution is -3.13. The summed E-state index contributed by atoms with van der Waals surface area (Å²) in [4.78, 5) is 28.2. The summed E-state index contributed by atoms with van der Waals surface area (Å²) >= 11 is 6.27. The highest BCUT2D eigenvalue weighted by atomic mass is 35.5. The van der Waals surface area contributed by atoms with Gasteiger partial charge in [0.15, 0.2) is 0 Å². The predicted octanol–water partition coefficient (Wildman–Crippen LogP) is 0.369. The quantitative estimate of drug-likeness (QED) is 0.807. The van der Waals surface area contributed by atoms with Crippen molar-refractivity contribution in [3.63, 3.8) is 0 Å². The lowest BCUT2D eigenvalue weighted by Gasteiger charge is -2.49. The average Bonchev–Trinajstić information content (AvgIpc) is 2.70. The number of carbonyl (C=O) groups is 2. The highest BCUT2D eigenvalue weighted by Crippen LogP contribution is 2.49. The summed E-state index contributed by atoms with van der Waals surface area (Å²) in [6.07, 6.45) is 3.84. The van der Waals surface area contributed by atoms with Gasteiger partial charge >= 0.3 is 0 Å². The molecule has 3 aliphatic carbocycles. The zero-order valence-corrected chi connectivity index (χ0v) is 16.3. The van der Waals surface area contributed by atoms with E-state index < -0.39 is 11.9 Å². The van der Waals surface area contributed by atoms with Crippen LogP contribution in [0, 0.1) is 23.7 Å². The second-order valence-corrected chi connectivity index (χ2v) is 8.80. The summed E-state index contributed by atoms with van der Waals surface area (Å²) in [7, 11) is 0. The van der Waals surface area contributed by atoms with Crippen LogP contribution in [0.4, 0.5) is 0 Å². The zero-order valence-electron chi connectivity index (χ0n) is 15.5. The number of rotatable bonds is 4. The Morgan fingerprint density at radius 1 is 1.04 bits per heavy atom. The third-order valence-electron chi connectivity index (χ3n) is 6.96. The van der Waals surface area contributed by atoms with Crippen molar-refractivity contribution in [2.75, 3.05) is 26.2 Å². The Kier molecular flexibility index (Phi) is 5.42. The fourth-order valence-electron chi connectivity index (χ4n) is 5.49. The van der Waals surface area contributed by atoms with Crippen LogP contribution in [-0.4, -0.2) is 43.0 Å². The van der Waals surface area contributed by atoms with E-state index in [4.69, 9.17) is 11.6 Å². The number of nitrogens with zero attached hydrogens (tertiary/aromatic N) is 1. The molecule has 5 rings (SSSR count). The van der Waals surface area contributed by atoms with E-state index in [0.717, 1.165) is 55.9 Å². The van der Waals surface area contributed by atoms with Crippen molar-refractivity contribution in [1.82, 2.24) is 4.90 Å². The van der Waals surface area contributed by atoms with Gasteiger partial charge in [-0.15, -0.1) is 0 Å². The van der Waals surface area contributed by atoms with E-state index in [-0.39, 0.29) is 23.7 Å². The number of carboxylic acid groups (broad SMARTS) is 1. The van der Waals surface area contributed by atoms with Gasteiger partial charge in [0.25, 0.3) is 0 Å². The molecule has 3 saturated carbocycles. The normalized spacial score (nSPS) is 31.1. The number of fused-ring (bicyclic) bond motifs is 3. The fourth-order valence-corrected chi connectivity index (χ4v) is 5.69. The summed E-state index contributed by atoms with van der Waals surface area (Å²) in [5, 5.41) is 12.5. The maximum Gasteiger partial charge on any atom is 0.227 e. The van der Waals surface area contributed by atoms with Gasteiger partial charge in [-0.1, -0.05) is 29.8 Å². The molecule has 5 nitrogen and oxygen atoms in total. The van der Waals surface area contributed by atoms with Gasteiger partial charge in [-0.05, 0) is 43.6 Å². The monoisotopic (exact) mass is 390 g/mol. The van der Waals surface area contributed by atoms with E-state index in [9.17, 15) is 14.7 Å². The Hall–Kier alpha value is -1.59. The molecular weight excluding hydrogens is 364 g/mol. The number of carboxylic acids is 1. The van der Waals surface area contributed by atoms with Crippen molar-refractivity contribution < 1.29 is 19.6 Å². The number of piperazine rings is 1. The molecule has 146 valence electrons. The number of hydrogen-bond donors (Lipinski definition) is 1. The second-order valence-electron chi connectivity index (χ2n) is 8.39. The smallest absolute Gasteiger partial charge is 0.227 e. The first-order valence-corrected chi connectivity index (χ1v) is 10.5. The Bertz CT molecular complexity index is 709. The lowest BCUT2D eigenvalue weighted by atomic mass is 9.58. The second kappa shape index (κ2) is 7.80. The Morgan fingerprint density at radius 3 is 2.22 bits per heavy atom. The molecule has 0 radical (unpaired) electrons. The van der Waals surface area contributed by atoms with Gasteiger partial charge < -0.3 is 19.7 Å². The Labute approximate surface area is 165 Å². The van der Waals surface area contributed by atoms with Crippen LogP contribution in [0.15, 0.2) is 24.3 Å². The minimum Gasteiger partial charge on any atom is -0.550 e.